The highest BCUT2D eigenvalue weighted by Gasteiger charge is 1.95. The average Bonchev–Trinajstić information content (AvgIpc) is 2.97. The molecule has 0 radical (unpaired) electrons. The van der Waals surface area contributed by atoms with Crippen molar-refractivity contribution in [2.45, 2.75) is 13.8 Å². The van der Waals surface area contributed by atoms with Crippen LogP contribution in [0.3, 0.4) is 0 Å². The third-order valence-electron chi connectivity index (χ3n) is 2.42. The van der Waals surface area contributed by atoms with Crippen LogP contribution in [0.4, 0.5) is 0 Å². The number of hydrogen-bond donors (Lipinski definition) is 2. The van der Waals surface area contributed by atoms with Crippen LogP contribution in [0.5, 0.6) is 0 Å². The fraction of sp³-hybridized carbons (Fsp3) is 0.200. The quantitative estimate of drug-likeness (QED) is 0.477. The van der Waals surface area contributed by atoms with Crippen LogP contribution in [0, 0.1) is 13.8 Å². The van der Waals surface area contributed by atoms with Crippen molar-refractivity contribution >= 4 is 11.3 Å². The van der Waals surface area contributed by atoms with Crippen LogP contribution >= 0.6 is 0 Å². The second kappa shape index (κ2) is 3.99. The summed E-state index contributed by atoms with van der Waals surface area (Å²) >= 11 is 0. The van der Waals surface area contributed by atoms with Crippen LogP contribution in [0.1, 0.15) is 11.4 Å². The van der Waals surface area contributed by atoms with Gasteiger partial charge in [-0.2, -0.15) is 4.63 Å². The molecule has 0 atom stereocenters. The van der Waals surface area contributed by atoms with E-state index in [1.807, 2.05) is 26.0 Å². The number of nitrogens with zero attached hydrogens (tertiary/aromatic N) is 6. The minimum Gasteiger partial charge on any atom is -0.296 e. The van der Waals surface area contributed by atoms with E-state index in [1.54, 1.807) is 15.5 Å². The molecule has 0 fully saturated rings. The normalized spacial score (nSPS) is 10.8. The smallest absolute Gasteiger partial charge is 0.177 e. The molecule has 0 unspecified atom stereocenters. The Bertz CT molecular complexity index is 646. The zero-order valence-corrected chi connectivity index (χ0v) is 9.99. The van der Waals surface area contributed by atoms with Gasteiger partial charge in [-0.15, -0.1) is 15.3 Å². The van der Waals surface area contributed by atoms with Crippen LogP contribution in [0.2, 0.25) is 0 Å². The lowest BCUT2D eigenvalue weighted by atomic mass is 10.5. The highest BCUT2D eigenvalue weighted by atomic mass is 15.4. The summed E-state index contributed by atoms with van der Waals surface area (Å²) in [4.78, 5) is 3.96. The molecule has 4 aromatic rings. The zero-order chi connectivity index (χ0) is 12.5. The van der Waals surface area contributed by atoms with Crippen molar-refractivity contribution in [3.63, 3.8) is 0 Å². The number of aromatic amines is 2. The van der Waals surface area contributed by atoms with E-state index < -0.39 is 0 Å². The fourth-order valence-electron chi connectivity index (χ4n) is 1.67. The van der Waals surface area contributed by atoms with Crippen LogP contribution in [-0.2, 0) is 0 Å². The summed E-state index contributed by atoms with van der Waals surface area (Å²) in [5, 5.41) is 17.4. The summed E-state index contributed by atoms with van der Waals surface area (Å²) in [6, 6.07) is 3.88. The van der Waals surface area contributed by atoms with E-state index in [0.717, 1.165) is 22.7 Å². The van der Waals surface area contributed by atoms with E-state index in [9.17, 15) is 0 Å². The zero-order valence-electron chi connectivity index (χ0n) is 9.99. The predicted octanol–water partition coefficient (Wildman–Crippen LogP) is 0.732. The molecule has 0 aliphatic heterocycles. The highest BCUT2D eigenvalue weighted by Crippen LogP contribution is 1.98. The molecule has 2 N–H and O–H groups in total. The molecule has 0 aliphatic carbocycles. The van der Waals surface area contributed by atoms with Gasteiger partial charge in [-0.1, -0.05) is 0 Å². The van der Waals surface area contributed by atoms with Gasteiger partial charge in [-0.3, -0.25) is 10.2 Å². The molecule has 0 bridgehead atoms. The van der Waals surface area contributed by atoms with Crippen LogP contribution in [0.25, 0.3) is 11.3 Å². The Morgan fingerprint density at radius 1 is 1.06 bits per heavy atom. The highest BCUT2D eigenvalue weighted by molar-refractivity contribution is 5.36. The number of hydrogen-bond acceptors (Lipinski definition) is 4. The van der Waals surface area contributed by atoms with Crippen molar-refractivity contribution in [3.8, 4) is 0 Å². The van der Waals surface area contributed by atoms with Crippen molar-refractivity contribution in [3.05, 3.63) is 36.2 Å². The fourth-order valence-corrected chi connectivity index (χ4v) is 1.67. The summed E-state index contributed by atoms with van der Waals surface area (Å²) in [7, 11) is 0. The molecule has 0 amide bonds. The largest absolute Gasteiger partial charge is 0.296 e. The minimum atomic E-state index is 0.868. The Labute approximate surface area is 102 Å². The Balaban J connectivity index is 0.000000111. The van der Waals surface area contributed by atoms with Crippen LogP contribution in [0.15, 0.2) is 24.8 Å². The van der Waals surface area contributed by atoms with Gasteiger partial charge in [0.1, 0.15) is 12.7 Å². The average molecular weight is 244 g/mol. The first kappa shape index (κ1) is 10.5. The van der Waals surface area contributed by atoms with Crippen molar-refractivity contribution in [2.75, 3.05) is 0 Å². The lowest BCUT2D eigenvalue weighted by molar-refractivity contribution is 0.807. The summed E-state index contributed by atoms with van der Waals surface area (Å²) in [5.41, 5.74) is 3.91. The van der Waals surface area contributed by atoms with E-state index in [4.69, 9.17) is 0 Å². The van der Waals surface area contributed by atoms with Gasteiger partial charge in [-0.25, -0.2) is 9.50 Å². The van der Waals surface area contributed by atoms with Crippen molar-refractivity contribution in [1.29, 1.82) is 0 Å². The van der Waals surface area contributed by atoms with E-state index in [-0.39, 0.29) is 0 Å². The van der Waals surface area contributed by atoms with E-state index in [1.165, 1.54) is 6.33 Å². The third-order valence-corrected chi connectivity index (χ3v) is 2.42. The Morgan fingerprint density at radius 3 is 2.61 bits per heavy atom. The Morgan fingerprint density at radius 2 is 1.83 bits per heavy atom. The SMILES string of the molecule is Cc1cc2ncnn2[nH]1.Cc1cc2nncn2[nH]1. The lowest BCUT2D eigenvalue weighted by Crippen LogP contribution is -1.84. The monoisotopic (exact) mass is 244 g/mol. The third kappa shape index (κ3) is 1.83. The van der Waals surface area contributed by atoms with Crippen molar-refractivity contribution < 1.29 is 0 Å². The second-order valence-corrected chi connectivity index (χ2v) is 3.97. The second-order valence-electron chi connectivity index (χ2n) is 3.97. The van der Waals surface area contributed by atoms with E-state index in [2.05, 4.69) is 30.5 Å². The number of rotatable bonds is 0. The maximum atomic E-state index is 3.96. The summed E-state index contributed by atoms with van der Waals surface area (Å²) in [6.45, 7) is 3.95. The first-order chi connectivity index (χ1) is 8.72. The molecule has 18 heavy (non-hydrogen) atoms. The predicted molar refractivity (Wildman–Crippen MR) is 64.1 cm³/mol. The van der Waals surface area contributed by atoms with E-state index in [0.29, 0.717) is 0 Å². The molecule has 0 saturated heterocycles. The van der Waals surface area contributed by atoms with E-state index >= 15 is 0 Å². The molecule has 0 spiro atoms. The molecular formula is C10H12N8. The Kier molecular flexibility index (Phi) is 2.33. The van der Waals surface area contributed by atoms with Crippen molar-refractivity contribution in [1.82, 2.24) is 39.6 Å². The maximum absolute atomic E-state index is 3.96. The van der Waals surface area contributed by atoms with Gasteiger partial charge in [0.2, 0.25) is 0 Å². The number of fused-ring (bicyclic) bond motifs is 2. The first-order valence-electron chi connectivity index (χ1n) is 5.43. The molecule has 92 valence electrons. The number of H-pyrrole nitrogens is 2. The van der Waals surface area contributed by atoms with Gasteiger partial charge in [0.05, 0.1) is 0 Å². The molecule has 4 aromatic heterocycles. The summed E-state index contributed by atoms with van der Waals surface area (Å²) in [5.74, 6) is 0. The molecule has 8 nitrogen and oxygen atoms in total. The van der Waals surface area contributed by atoms with Gasteiger partial charge in [0.15, 0.2) is 11.3 Å². The number of aromatic nitrogens is 8. The number of aryl methyl sites for hydroxylation is 2. The molecular weight excluding hydrogens is 232 g/mol. The molecule has 4 heterocycles. The lowest BCUT2D eigenvalue weighted by Gasteiger charge is -1.77. The topological polar surface area (TPSA) is 92.0 Å². The number of nitrogens with one attached hydrogen (secondary N) is 2. The molecule has 0 aromatic carbocycles. The maximum Gasteiger partial charge on any atom is 0.177 e. The van der Waals surface area contributed by atoms with Gasteiger partial charge >= 0.3 is 0 Å². The van der Waals surface area contributed by atoms with Gasteiger partial charge in [-0.05, 0) is 13.8 Å². The Hall–Kier alpha value is -2.64. The molecule has 0 aliphatic rings. The minimum absolute atomic E-state index is 0.868. The van der Waals surface area contributed by atoms with Crippen molar-refractivity contribution in [2.24, 2.45) is 0 Å². The first-order valence-corrected chi connectivity index (χ1v) is 5.43. The molecule has 0 saturated carbocycles. The van der Waals surface area contributed by atoms with Gasteiger partial charge in [0, 0.05) is 23.5 Å². The van der Waals surface area contributed by atoms with Gasteiger partial charge < -0.3 is 0 Å². The standard InChI is InChI=1S/2C5H6N4/c1-4-2-5-7-6-3-9(5)8-4;1-4-2-5-6-3-7-9(5)8-4/h2*2-3,8H,1H3. The summed E-state index contributed by atoms with van der Waals surface area (Å²) in [6.07, 6.45) is 3.16. The molecule has 8 heteroatoms. The molecule has 4 rings (SSSR count). The van der Waals surface area contributed by atoms with Crippen LogP contribution < -0.4 is 0 Å². The van der Waals surface area contributed by atoms with Gasteiger partial charge in [0.25, 0.3) is 0 Å². The van der Waals surface area contributed by atoms with Crippen LogP contribution in [-0.4, -0.2) is 39.6 Å². The summed E-state index contributed by atoms with van der Waals surface area (Å²) < 4.78 is 3.41.